The number of rotatable bonds is 4. The Morgan fingerprint density at radius 3 is 2.93 bits per heavy atom. The highest BCUT2D eigenvalue weighted by Crippen LogP contribution is 2.24. The van der Waals surface area contributed by atoms with E-state index in [9.17, 15) is 0 Å². The van der Waals surface area contributed by atoms with Crippen LogP contribution in [0.4, 0.5) is 5.82 Å². The average molecular weight is 207 g/mol. The van der Waals surface area contributed by atoms with E-state index in [2.05, 4.69) is 15.0 Å². The molecule has 0 aromatic carbocycles. The van der Waals surface area contributed by atoms with Crippen molar-refractivity contribution >= 4 is 5.82 Å². The van der Waals surface area contributed by atoms with E-state index in [1.165, 1.54) is 0 Å². The van der Waals surface area contributed by atoms with Crippen molar-refractivity contribution in [2.75, 3.05) is 25.6 Å². The zero-order chi connectivity index (χ0) is 11.3. The van der Waals surface area contributed by atoms with Gasteiger partial charge in [-0.2, -0.15) is 0 Å². The van der Waals surface area contributed by atoms with Gasteiger partial charge in [-0.1, -0.05) is 11.2 Å². The summed E-state index contributed by atoms with van der Waals surface area (Å²) in [6.07, 6.45) is 1.66. The zero-order valence-corrected chi connectivity index (χ0v) is 8.70. The van der Waals surface area contributed by atoms with Crippen LogP contribution in [0.5, 0.6) is 0 Å². The van der Waals surface area contributed by atoms with Crippen LogP contribution in [0.2, 0.25) is 0 Å². The normalized spacial score (nSPS) is 11.7. The van der Waals surface area contributed by atoms with Gasteiger partial charge in [-0.25, -0.2) is 4.98 Å². The summed E-state index contributed by atoms with van der Waals surface area (Å²) in [6.45, 7) is -0.226. The highest BCUT2D eigenvalue weighted by molar-refractivity contribution is 5.47. The van der Waals surface area contributed by atoms with Crippen LogP contribution < -0.4 is 4.90 Å². The second-order valence-corrected chi connectivity index (χ2v) is 3.21. The first-order chi connectivity index (χ1) is 7.20. The van der Waals surface area contributed by atoms with Gasteiger partial charge in [0.15, 0.2) is 0 Å². The van der Waals surface area contributed by atoms with Gasteiger partial charge in [0.25, 0.3) is 0 Å². The van der Waals surface area contributed by atoms with Gasteiger partial charge in [-0.3, -0.25) is 0 Å². The van der Waals surface area contributed by atoms with Crippen LogP contribution in [0, 0.1) is 0 Å². The number of aromatic nitrogens is 1. The van der Waals surface area contributed by atoms with Crippen LogP contribution >= 0.6 is 0 Å². The fourth-order valence-electron chi connectivity index (χ4n) is 1.30. The maximum atomic E-state index is 9.11. The van der Waals surface area contributed by atoms with Gasteiger partial charge < -0.3 is 10.0 Å². The molecule has 15 heavy (non-hydrogen) atoms. The summed E-state index contributed by atoms with van der Waals surface area (Å²) < 4.78 is 0. The number of pyridine rings is 1. The third kappa shape index (κ3) is 2.59. The third-order valence-corrected chi connectivity index (χ3v) is 1.96. The SMILES string of the molecule is CN(C)c1ncccc1C(CO)N=[N+]=[N-]. The topological polar surface area (TPSA) is 85.1 Å². The van der Waals surface area contributed by atoms with Crippen molar-refractivity contribution in [1.29, 1.82) is 0 Å². The number of hydrogen-bond donors (Lipinski definition) is 1. The van der Waals surface area contributed by atoms with Crippen molar-refractivity contribution in [1.82, 2.24) is 4.98 Å². The fourth-order valence-corrected chi connectivity index (χ4v) is 1.30. The summed E-state index contributed by atoms with van der Waals surface area (Å²) in [4.78, 5) is 8.67. The standard InChI is InChI=1S/C9H13N5O/c1-14(2)9-7(4-3-5-11-9)8(6-15)12-13-10/h3-5,8,15H,6H2,1-2H3. The van der Waals surface area contributed by atoms with E-state index >= 15 is 0 Å². The Balaban J connectivity index is 3.15. The average Bonchev–Trinajstić information content (AvgIpc) is 2.26. The molecule has 0 bridgehead atoms. The maximum Gasteiger partial charge on any atom is 0.131 e. The minimum absolute atomic E-state index is 0.226. The van der Waals surface area contributed by atoms with Crippen molar-refractivity contribution in [3.63, 3.8) is 0 Å². The predicted molar refractivity (Wildman–Crippen MR) is 57.5 cm³/mol. The summed E-state index contributed by atoms with van der Waals surface area (Å²) in [6, 6.07) is 2.96. The van der Waals surface area contributed by atoms with Crippen LogP contribution in [-0.4, -0.2) is 30.8 Å². The van der Waals surface area contributed by atoms with Crippen molar-refractivity contribution in [2.24, 2.45) is 5.11 Å². The third-order valence-electron chi connectivity index (χ3n) is 1.96. The van der Waals surface area contributed by atoms with Crippen LogP contribution in [0.1, 0.15) is 11.6 Å². The van der Waals surface area contributed by atoms with E-state index in [4.69, 9.17) is 10.6 Å². The predicted octanol–water partition coefficient (Wildman–Crippen LogP) is 1.49. The molecule has 6 nitrogen and oxygen atoms in total. The van der Waals surface area contributed by atoms with Gasteiger partial charge >= 0.3 is 0 Å². The molecule has 1 aromatic heterocycles. The summed E-state index contributed by atoms with van der Waals surface area (Å²) in [5.41, 5.74) is 9.10. The fraction of sp³-hybridized carbons (Fsp3) is 0.444. The molecule has 1 unspecified atom stereocenters. The minimum Gasteiger partial charge on any atom is -0.396 e. The molecule has 0 amide bonds. The lowest BCUT2D eigenvalue weighted by atomic mass is 10.1. The van der Waals surface area contributed by atoms with Gasteiger partial charge in [-0.15, -0.1) is 0 Å². The van der Waals surface area contributed by atoms with Gasteiger partial charge in [-0.05, 0) is 11.6 Å². The Labute approximate surface area is 87.8 Å². The number of aliphatic hydroxyl groups excluding tert-OH is 1. The Morgan fingerprint density at radius 2 is 2.40 bits per heavy atom. The molecule has 1 atom stereocenters. The van der Waals surface area contributed by atoms with Crippen molar-refractivity contribution < 1.29 is 5.11 Å². The number of aliphatic hydroxyl groups is 1. The molecular formula is C9H13N5O. The Morgan fingerprint density at radius 1 is 1.67 bits per heavy atom. The van der Waals surface area contributed by atoms with E-state index in [0.717, 1.165) is 5.56 Å². The molecule has 0 saturated heterocycles. The first kappa shape index (κ1) is 11.3. The van der Waals surface area contributed by atoms with Crippen molar-refractivity contribution in [3.8, 4) is 0 Å². The molecule has 1 aromatic rings. The highest BCUT2D eigenvalue weighted by atomic mass is 16.3. The van der Waals surface area contributed by atoms with Crippen LogP contribution in [0.25, 0.3) is 10.4 Å². The summed E-state index contributed by atoms with van der Waals surface area (Å²) >= 11 is 0. The number of nitrogens with zero attached hydrogens (tertiary/aromatic N) is 5. The lowest BCUT2D eigenvalue weighted by Gasteiger charge is -2.18. The highest BCUT2D eigenvalue weighted by Gasteiger charge is 2.14. The van der Waals surface area contributed by atoms with E-state index in [0.29, 0.717) is 5.82 Å². The zero-order valence-electron chi connectivity index (χ0n) is 8.70. The second-order valence-electron chi connectivity index (χ2n) is 3.21. The minimum atomic E-state index is -0.582. The lowest BCUT2D eigenvalue weighted by molar-refractivity contribution is 0.268. The molecule has 1 N–H and O–H groups in total. The number of azide groups is 1. The summed E-state index contributed by atoms with van der Waals surface area (Å²) in [7, 11) is 3.69. The smallest absolute Gasteiger partial charge is 0.131 e. The van der Waals surface area contributed by atoms with Gasteiger partial charge in [0.1, 0.15) is 5.82 Å². The van der Waals surface area contributed by atoms with Crippen molar-refractivity contribution in [2.45, 2.75) is 6.04 Å². The summed E-state index contributed by atoms with van der Waals surface area (Å²) in [5, 5.41) is 12.6. The quantitative estimate of drug-likeness (QED) is 0.461. The molecular weight excluding hydrogens is 194 g/mol. The Kier molecular flexibility index (Phi) is 3.91. The molecule has 1 rings (SSSR count). The molecule has 0 fully saturated rings. The number of anilines is 1. The maximum absolute atomic E-state index is 9.11. The first-order valence-electron chi connectivity index (χ1n) is 4.48. The Hall–Kier alpha value is -1.78. The second kappa shape index (κ2) is 5.19. The molecule has 0 aliphatic rings. The van der Waals surface area contributed by atoms with Crippen LogP contribution in [-0.2, 0) is 0 Å². The van der Waals surface area contributed by atoms with E-state index < -0.39 is 6.04 Å². The molecule has 1 heterocycles. The molecule has 0 radical (unpaired) electrons. The largest absolute Gasteiger partial charge is 0.396 e. The van der Waals surface area contributed by atoms with Gasteiger partial charge in [0, 0.05) is 30.8 Å². The monoisotopic (exact) mass is 207 g/mol. The first-order valence-corrected chi connectivity index (χ1v) is 4.48. The van der Waals surface area contributed by atoms with Crippen LogP contribution in [0.3, 0.4) is 0 Å². The lowest BCUT2D eigenvalue weighted by Crippen LogP contribution is -2.15. The molecule has 0 spiro atoms. The molecule has 0 aliphatic heterocycles. The van der Waals surface area contributed by atoms with Gasteiger partial charge in [0.2, 0.25) is 0 Å². The molecule has 0 saturated carbocycles. The summed E-state index contributed by atoms with van der Waals surface area (Å²) in [5.74, 6) is 0.698. The van der Waals surface area contributed by atoms with E-state index in [1.807, 2.05) is 19.0 Å². The van der Waals surface area contributed by atoms with Gasteiger partial charge in [0.05, 0.1) is 12.6 Å². The molecule has 80 valence electrons. The molecule has 0 aliphatic carbocycles. The van der Waals surface area contributed by atoms with E-state index in [-0.39, 0.29) is 6.61 Å². The van der Waals surface area contributed by atoms with Crippen molar-refractivity contribution in [3.05, 3.63) is 34.3 Å². The van der Waals surface area contributed by atoms with E-state index in [1.54, 1.807) is 18.3 Å². The number of hydrogen-bond acceptors (Lipinski definition) is 4. The van der Waals surface area contributed by atoms with Crippen LogP contribution in [0.15, 0.2) is 23.4 Å². The molecule has 6 heteroatoms. The Bertz CT molecular complexity index is 373.